The molecule has 2 aromatic carbocycles. The molecule has 1 fully saturated rings. The lowest BCUT2D eigenvalue weighted by atomic mass is 10.1. The van der Waals surface area contributed by atoms with E-state index in [0.717, 1.165) is 31.2 Å². The molecule has 0 radical (unpaired) electrons. The van der Waals surface area contributed by atoms with Gasteiger partial charge < -0.3 is 10.2 Å². The smallest absolute Gasteiger partial charge is 0.244 e. The van der Waals surface area contributed by atoms with Crippen molar-refractivity contribution in [1.82, 2.24) is 4.31 Å². The minimum absolute atomic E-state index is 0.00284. The first-order valence-corrected chi connectivity index (χ1v) is 12.2. The number of anilines is 2. The van der Waals surface area contributed by atoms with Gasteiger partial charge in [0.2, 0.25) is 21.8 Å². The summed E-state index contributed by atoms with van der Waals surface area (Å²) in [5.74, 6) is -0.348. The molecule has 164 valence electrons. The molecule has 0 aromatic heterocycles. The molecule has 7 nitrogen and oxygen atoms in total. The predicted molar refractivity (Wildman–Crippen MR) is 119 cm³/mol. The van der Waals surface area contributed by atoms with Crippen molar-refractivity contribution in [2.24, 2.45) is 0 Å². The minimum Gasteiger partial charge on any atom is -0.323 e. The van der Waals surface area contributed by atoms with Crippen LogP contribution in [0.1, 0.15) is 37.7 Å². The summed E-state index contributed by atoms with van der Waals surface area (Å²) in [6.45, 7) is 1.15. The lowest BCUT2D eigenvalue weighted by molar-refractivity contribution is -0.121. The number of aryl methyl sites for hydroxylation is 1. The molecule has 4 rings (SSSR count). The van der Waals surface area contributed by atoms with Crippen molar-refractivity contribution < 1.29 is 18.0 Å². The van der Waals surface area contributed by atoms with E-state index in [1.54, 1.807) is 34.6 Å². The van der Waals surface area contributed by atoms with Gasteiger partial charge in [-0.3, -0.25) is 9.59 Å². The molecule has 0 aliphatic carbocycles. The van der Waals surface area contributed by atoms with Crippen LogP contribution < -0.4 is 10.2 Å². The van der Waals surface area contributed by atoms with Crippen LogP contribution in [0.15, 0.2) is 53.4 Å². The Balaban J connectivity index is 1.41. The number of carbonyl (C=O) groups excluding carboxylic acids is 2. The number of nitrogens with zero attached hydrogens (tertiary/aromatic N) is 2. The van der Waals surface area contributed by atoms with Crippen LogP contribution in [-0.2, 0) is 26.0 Å². The lowest BCUT2D eigenvalue weighted by Gasteiger charge is -2.29. The zero-order chi connectivity index (χ0) is 21.8. The Hall–Kier alpha value is -2.71. The van der Waals surface area contributed by atoms with Crippen LogP contribution in [0.5, 0.6) is 0 Å². The van der Waals surface area contributed by atoms with E-state index in [4.69, 9.17) is 0 Å². The Morgan fingerprint density at radius 1 is 0.935 bits per heavy atom. The molecule has 2 aliphatic heterocycles. The summed E-state index contributed by atoms with van der Waals surface area (Å²) < 4.78 is 27.4. The van der Waals surface area contributed by atoms with Crippen molar-refractivity contribution in [1.29, 1.82) is 0 Å². The first-order chi connectivity index (χ1) is 14.9. The van der Waals surface area contributed by atoms with Crippen LogP contribution >= 0.6 is 0 Å². The molecular weight excluding hydrogens is 414 g/mol. The Morgan fingerprint density at radius 2 is 1.61 bits per heavy atom. The third kappa shape index (κ3) is 4.80. The van der Waals surface area contributed by atoms with E-state index < -0.39 is 10.0 Å². The van der Waals surface area contributed by atoms with Crippen molar-refractivity contribution >= 4 is 33.2 Å². The fraction of sp³-hybridized carbons (Fsp3) is 0.391. The van der Waals surface area contributed by atoms with Gasteiger partial charge in [0.05, 0.1) is 16.3 Å². The normalized spacial score (nSPS) is 17.5. The molecule has 2 heterocycles. The standard InChI is InChI=1S/C23H27N3O4S/c27-22-17-26(21-8-4-3-7-20(21)24-22)23(28)14-11-18-9-12-19(13-10-18)31(29,30)25-15-5-1-2-6-16-25/h3-4,7-10,12-13H,1-2,5-6,11,14-17H2,(H,24,27). The Morgan fingerprint density at radius 3 is 2.32 bits per heavy atom. The fourth-order valence-corrected chi connectivity index (χ4v) is 5.62. The number of amides is 2. The Bertz CT molecular complexity index is 1060. The van der Waals surface area contributed by atoms with Crippen LogP contribution in [0.2, 0.25) is 0 Å². The van der Waals surface area contributed by atoms with Gasteiger partial charge in [0.1, 0.15) is 6.54 Å². The summed E-state index contributed by atoms with van der Waals surface area (Å²) >= 11 is 0. The van der Waals surface area contributed by atoms with Crippen molar-refractivity contribution in [3.63, 3.8) is 0 Å². The van der Waals surface area contributed by atoms with Gasteiger partial charge in [-0.05, 0) is 49.1 Å². The molecule has 0 unspecified atom stereocenters. The Labute approximate surface area is 183 Å². The first kappa shape index (κ1) is 21.5. The maximum atomic E-state index is 12.9. The van der Waals surface area contributed by atoms with Crippen LogP contribution in [0.25, 0.3) is 0 Å². The number of fused-ring (bicyclic) bond motifs is 1. The number of rotatable bonds is 5. The van der Waals surface area contributed by atoms with Crippen molar-refractivity contribution in [2.75, 3.05) is 29.9 Å². The highest BCUT2D eigenvalue weighted by atomic mass is 32.2. The zero-order valence-electron chi connectivity index (χ0n) is 17.4. The minimum atomic E-state index is -3.48. The average Bonchev–Trinajstić information content (AvgIpc) is 3.07. The molecule has 31 heavy (non-hydrogen) atoms. The molecule has 0 saturated carbocycles. The van der Waals surface area contributed by atoms with E-state index in [1.165, 1.54) is 4.90 Å². The van der Waals surface area contributed by atoms with Gasteiger partial charge in [-0.1, -0.05) is 37.1 Å². The highest BCUT2D eigenvalue weighted by Crippen LogP contribution is 2.29. The topological polar surface area (TPSA) is 86.8 Å². The second-order valence-corrected chi connectivity index (χ2v) is 9.95. The molecule has 1 N–H and O–H groups in total. The van der Waals surface area contributed by atoms with Gasteiger partial charge in [0.15, 0.2) is 0 Å². The highest BCUT2D eigenvalue weighted by molar-refractivity contribution is 7.89. The maximum absolute atomic E-state index is 12.9. The quantitative estimate of drug-likeness (QED) is 0.772. The van der Waals surface area contributed by atoms with Gasteiger partial charge >= 0.3 is 0 Å². The number of nitrogens with one attached hydrogen (secondary N) is 1. The third-order valence-electron chi connectivity index (χ3n) is 5.83. The summed E-state index contributed by atoms with van der Waals surface area (Å²) in [6, 6.07) is 14.0. The van der Waals surface area contributed by atoms with E-state index in [9.17, 15) is 18.0 Å². The molecular formula is C23H27N3O4S. The molecule has 0 bridgehead atoms. The monoisotopic (exact) mass is 441 g/mol. The van der Waals surface area contributed by atoms with Crippen LogP contribution in [0.4, 0.5) is 11.4 Å². The summed E-state index contributed by atoms with van der Waals surface area (Å²) in [5, 5.41) is 2.78. The molecule has 2 amide bonds. The molecule has 0 atom stereocenters. The van der Waals surface area contributed by atoms with Gasteiger partial charge in [-0.15, -0.1) is 0 Å². The SMILES string of the molecule is O=C1CN(C(=O)CCc2ccc(S(=O)(=O)N3CCCCCC3)cc2)c2ccccc2N1. The van der Waals surface area contributed by atoms with Crippen molar-refractivity contribution in [3.05, 3.63) is 54.1 Å². The number of sulfonamides is 1. The first-order valence-electron chi connectivity index (χ1n) is 10.7. The molecule has 8 heteroatoms. The second kappa shape index (κ2) is 9.20. The van der Waals surface area contributed by atoms with E-state index in [1.807, 2.05) is 18.2 Å². The van der Waals surface area contributed by atoms with Gasteiger partial charge in [0, 0.05) is 19.5 Å². The Kier molecular flexibility index (Phi) is 6.38. The van der Waals surface area contributed by atoms with Crippen LogP contribution in [-0.4, -0.2) is 44.2 Å². The fourth-order valence-electron chi connectivity index (χ4n) is 4.10. The summed E-state index contributed by atoms with van der Waals surface area (Å²) in [6.07, 6.45) is 4.65. The largest absolute Gasteiger partial charge is 0.323 e. The second-order valence-electron chi connectivity index (χ2n) is 8.01. The van der Waals surface area contributed by atoms with Gasteiger partial charge in [-0.25, -0.2) is 8.42 Å². The number of para-hydroxylation sites is 2. The van der Waals surface area contributed by atoms with Crippen LogP contribution in [0.3, 0.4) is 0 Å². The van der Waals surface area contributed by atoms with E-state index in [0.29, 0.717) is 35.8 Å². The van der Waals surface area contributed by atoms with E-state index in [-0.39, 0.29) is 24.8 Å². The molecule has 0 spiro atoms. The third-order valence-corrected chi connectivity index (χ3v) is 7.74. The van der Waals surface area contributed by atoms with Gasteiger partial charge in [0.25, 0.3) is 0 Å². The zero-order valence-corrected chi connectivity index (χ0v) is 18.2. The number of benzene rings is 2. The summed E-state index contributed by atoms with van der Waals surface area (Å²) in [5.41, 5.74) is 2.22. The van der Waals surface area contributed by atoms with Crippen molar-refractivity contribution in [3.8, 4) is 0 Å². The summed E-state index contributed by atoms with van der Waals surface area (Å²) in [4.78, 5) is 26.5. The lowest BCUT2D eigenvalue weighted by Crippen LogP contribution is -2.42. The molecule has 2 aliphatic rings. The molecule has 2 aromatic rings. The van der Waals surface area contributed by atoms with E-state index in [2.05, 4.69) is 5.32 Å². The number of hydrogen-bond donors (Lipinski definition) is 1. The number of carbonyl (C=O) groups is 2. The highest BCUT2D eigenvalue weighted by Gasteiger charge is 2.27. The van der Waals surface area contributed by atoms with Gasteiger partial charge in [-0.2, -0.15) is 4.31 Å². The summed E-state index contributed by atoms with van der Waals surface area (Å²) in [7, 11) is -3.48. The average molecular weight is 442 g/mol. The van der Waals surface area contributed by atoms with Crippen LogP contribution in [0, 0.1) is 0 Å². The van der Waals surface area contributed by atoms with Crippen molar-refractivity contribution in [2.45, 2.75) is 43.4 Å². The van der Waals surface area contributed by atoms with E-state index >= 15 is 0 Å². The molecule has 1 saturated heterocycles. The number of hydrogen-bond acceptors (Lipinski definition) is 4. The predicted octanol–water partition coefficient (Wildman–Crippen LogP) is 3.17. The maximum Gasteiger partial charge on any atom is 0.244 e.